The van der Waals surface area contributed by atoms with Gasteiger partial charge in [0.15, 0.2) is 0 Å². The third kappa shape index (κ3) is 2.67. The maximum Gasteiger partial charge on any atom is 0.127 e. The molecule has 0 aliphatic rings. The lowest BCUT2D eigenvalue weighted by Gasteiger charge is -2.21. The van der Waals surface area contributed by atoms with Crippen LogP contribution in [0.2, 0.25) is 0 Å². The summed E-state index contributed by atoms with van der Waals surface area (Å²) in [6.45, 7) is 10.4. The minimum atomic E-state index is -0.157. The molecule has 0 aliphatic carbocycles. The second-order valence-corrected chi connectivity index (χ2v) is 6.48. The quantitative estimate of drug-likeness (QED) is 0.604. The summed E-state index contributed by atoms with van der Waals surface area (Å²) in [7, 11) is 0. The van der Waals surface area contributed by atoms with Gasteiger partial charge in [-0.15, -0.1) is 0 Å². The molecule has 2 heteroatoms. The number of hydrogen-bond acceptors (Lipinski definition) is 0. The molecule has 0 radical (unpaired) electrons. The molecule has 0 N–H and O–H groups in total. The molecule has 0 aromatic heterocycles. The van der Waals surface area contributed by atoms with Crippen molar-refractivity contribution in [1.29, 1.82) is 0 Å². The monoisotopic (exact) mass is 334 g/mol. The molecule has 0 heterocycles. The van der Waals surface area contributed by atoms with Crippen LogP contribution >= 0.6 is 15.9 Å². The summed E-state index contributed by atoms with van der Waals surface area (Å²) in [6.07, 6.45) is 0. The largest absolute Gasteiger partial charge is 0.207 e. The molecule has 0 bridgehead atoms. The summed E-state index contributed by atoms with van der Waals surface area (Å²) < 4.78 is 14.1. The van der Waals surface area contributed by atoms with E-state index in [2.05, 4.69) is 49.7 Å². The highest BCUT2D eigenvalue weighted by atomic mass is 79.9. The number of hydrogen-bond donors (Lipinski definition) is 0. The van der Waals surface area contributed by atoms with Gasteiger partial charge in [0.1, 0.15) is 5.82 Å². The Morgan fingerprint density at radius 3 is 2.00 bits per heavy atom. The van der Waals surface area contributed by atoms with E-state index >= 15 is 0 Å². The first kappa shape index (κ1) is 15.2. The second-order valence-electron chi connectivity index (χ2n) is 5.56. The fourth-order valence-corrected chi connectivity index (χ4v) is 3.68. The van der Waals surface area contributed by atoms with Gasteiger partial charge in [-0.1, -0.05) is 39.7 Å². The van der Waals surface area contributed by atoms with Crippen LogP contribution in [-0.2, 0) is 0 Å². The zero-order valence-electron chi connectivity index (χ0n) is 12.6. The van der Waals surface area contributed by atoms with Crippen LogP contribution in [0.25, 0.3) is 0 Å². The fourth-order valence-electron chi connectivity index (χ4n) is 2.64. The molecular weight excluding hydrogens is 315 g/mol. The zero-order chi connectivity index (χ0) is 15.0. The van der Waals surface area contributed by atoms with E-state index < -0.39 is 0 Å². The third-order valence-corrected chi connectivity index (χ3v) is 5.05. The van der Waals surface area contributed by atoms with Crippen molar-refractivity contribution in [2.75, 3.05) is 0 Å². The fraction of sp³-hybridized carbons (Fsp3) is 0.333. The van der Waals surface area contributed by atoms with Crippen LogP contribution in [0, 0.1) is 40.4 Å². The van der Waals surface area contributed by atoms with Crippen LogP contribution in [0.5, 0.6) is 0 Å². The number of alkyl halides is 1. The van der Waals surface area contributed by atoms with Crippen molar-refractivity contribution < 1.29 is 4.39 Å². The van der Waals surface area contributed by atoms with Crippen LogP contribution in [0.3, 0.4) is 0 Å². The molecular formula is C18H20BrF. The van der Waals surface area contributed by atoms with Gasteiger partial charge in [0.25, 0.3) is 0 Å². The van der Waals surface area contributed by atoms with Crippen molar-refractivity contribution >= 4 is 15.9 Å². The van der Waals surface area contributed by atoms with Gasteiger partial charge < -0.3 is 0 Å². The van der Waals surface area contributed by atoms with Gasteiger partial charge in [-0.3, -0.25) is 0 Å². The Kier molecular flexibility index (Phi) is 4.33. The lowest BCUT2D eigenvalue weighted by molar-refractivity contribution is 0.612. The second kappa shape index (κ2) is 5.69. The van der Waals surface area contributed by atoms with Gasteiger partial charge >= 0.3 is 0 Å². The smallest absolute Gasteiger partial charge is 0.127 e. The Balaban J connectivity index is 2.65. The summed E-state index contributed by atoms with van der Waals surface area (Å²) in [5.74, 6) is -0.157. The summed E-state index contributed by atoms with van der Waals surface area (Å²) >= 11 is 3.71. The molecule has 0 amide bonds. The van der Waals surface area contributed by atoms with E-state index in [0.717, 1.165) is 5.56 Å². The zero-order valence-corrected chi connectivity index (χ0v) is 14.2. The summed E-state index contributed by atoms with van der Waals surface area (Å²) in [6, 6.07) is 7.47. The number of rotatable bonds is 2. The normalized spacial score (nSPS) is 12.6. The molecule has 2 aromatic rings. The first-order chi connectivity index (χ1) is 9.32. The van der Waals surface area contributed by atoms with Gasteiger partial charge in [0.05, 0.1) is 4.83 Å². The van der Waals surface area contributed by atoms with E-state index in [4.69, 9.17) is 0 Å². The summed E-state index contributed by atoms with van der Waals surface area (Å²) in [5, 5.41) is 0. The Morgan fingerprint density at radius 2 is 1.45 bits per heavy atom. The van der Waals surface area contributed by atoms with Crippen molar-refractivity contribution in [2.45, 2.75) is 39.4 Å². The van der Waals surface area contributed by atoms with Crippen LogP contribution in [0.15, 0.2) is 24.3 Å². The van der Waals surface area contributed by atoms with E-state index in [1.54, 1.807) is 12.1 Å². The lowest BCUT2D eigenvalue weighted by atomic mass is 9.89. The maximum atomic E-state index is 14.1. The minimum Gasteiger partial charge on any atom is -0.207 e. The minimum absolute atomic E-state index is 0.110. The van der Waals surface area contributed by atoms with E-state index in [1.165, 1.54) is 27.8 Å². The van der Waals surface area contributed by atoms with Crippen molar-refractivity contribution in [2.24, 2.45) is 0 Å². The average Bonchev–Trinajstić information content (AvgIpc) is 2.39. The first-order valence-corrected chi connectivity index (χ1v) is 7.72. The maximum absolute atomic E-state index is 14.1. The highest BCUT2D eigenvalue weighted by molar-refractivity contribution is 9.09. The van der Waals surface area contributed by atoms with Gasteiger partial charge in [0.2, 0.25) is 0 Å². The van der Waals surface area contributed by atoms with Gasteiger partial charge in [0, 0.05) is 5.56 Å². The number of halogens is 2. The number of aryl methyl sites for hydroxylation is 3. The molecule has 1 atom stereocenters. The molecule has 2 aromatic carbocycles. The van der Waals surface area contributed by atoms with Crippen LogP contribution in [0.4, 0.5) is 4.39 Å². The molecule has 2 rings (SSSR count). The standard InChI is InChI=1S/C18H20BrF/c1-10-6-7-16(20)15(8-10)18(19)17-13(4)11(2)9-12(3)14(17)5/h6-9,18H,1-5H3. The highest BCUT2D eigenvalue weighted by Gasteiger charge is 2.20. The summed E-state index contributed by atoms with van der Waals surface area (Å²) in [5.41, 5.74) is 7.94. The van der Waals surface area contributed by atoms with E-state index in [-0.39, 0.29) is 10.6 Å². The number of benzene rings is 2. The van der Waals surface area contributed by atoms with Crippen molar-refractivity contribution in [3.8, 4) is 0 Å². The van der Waals surface area contributed by atoms with E-state index in [9.17, 15) is 4.39 Å². The molecule has 1 unspecified atom stereocenters. The topological polar surface area (TPSA) is 0 Å². The lowest BCUT2D eigenvalue weighted by Crippen LogP contribution is -2.05. The molecule has 0 aliphatic heterocycles. The van der Waals surface area contributed by atoms with E-state index in [0.29, 0.717) is 5.56 Å². The van der Waals surface area contributed by atoms with Crippen LogP contribution in [-0.4, -0.2) is 0 Å². The molecule has 0 saturated carbocycles. The Labute approximate surface area is 129 Å². The average molecular weight is 335 g/mol. The molecule has 20 heavy (non-hydrogen) atoms. The van der Waals surface area contributed by atoms with Crippen LogP contribution in [0.1, 0.15) is 43.8 Å². The van der Waals surface area contributed by atoms with E-state index in [1.807, 2.05) is 13.0 Å². The third-order valence-electron chi connectivity index (χ3n) is 4.10. The highest BCUT2D eigenvalue weighted by Crippen LogP contribution is 2.38. The molecule has 106 valence electrons. The predicted octanol–water partition coefficient (Wildman–Crippen LogP) is 5.85. The van der Waals surface area contributed by atoms with Gasteiger partial charge in [-0.2, -0.15) is 0 Å². The van der Waals surface area contributed by atoms with Crippen molar-refractivity contribution in [3.63, 3.8) is 0 Å². The molecule has 0 nitrogen and oxygen atoms in total. The molecule has 0 saturated heterocycles. The first-order valence-electron chi connectivity index (χ1n) is 6.80. The van der Waals surface area contributed by atoms with Crippen LogP contribution < -0.4 is 0 Å². The predicted molar refractivity (Wildman–Crippen MR) is 87.3 cm³/mol. The van der Waals surface area contributed by atoms with Gasteiger partial charge in [-0.25, -0.2) is 4.39 Å². The Bertz CT molecular complexity index is 633. The Morgan fingerprint density at radius 1 is 0.900 bits per heavy atom. The Hall–Kier alpha value is -1.15. The van der Waals surface area contributed by atoms with Crippen molar-refractivity contribution in [3.05, 3.63) is 69.0 Å². The summed E-state index contributed by atoms with van der Waals surface area (Å²) in [4.78, 5) is -0.110. The SMILES string of the molecule is Cc1ccc(F)c(C(Br)c2c(C)c(C)cc(C)c2C)c1. The van der Waals surface area contributed by atoms with Gasteiger partial charge in [-0.05, 0) is 68.5 Å². The molecule has 0 spiro atoms. The van der Waals surface area contributed by atoms with Crippen molar-refractivity contribution in [1.82, 2.24) is 0 Å². The molecule has 0 fully saturated rings.